The molecule has 0 saturated carbocycles. The van der Waals surface area contributed by atoms with E-state index in [1.165, 1.54) is 26.0 Å². The van der Waals surface area contributed by atoms with Gasteiger partial charge in [-0.2, -0.15) is 0 Å². The van der Waals surface area contributed by atoms with E-state index in [0.29, 0.717) is 16.9 Å². The Morgan fingerprint density at radius 3 is 2.19 bits per heavy atom. The molecule has 0 aromatic heterocycles. The number of ether oxygens (including phenoxy) is 1. The van der Waals surface area contributed by atoms with Gasteiger partial charge in [-0.05, 0) is 57.0 Å². The van der Waals surface area contributed by atoms with Crippen LogP contribution in [0.1, 0.15) is 37.0 Å². The van der Waals surface area contributed by atoms with Crippen molar-refractivity contribution in [2.45, 2.75) is 26.7 Å². The normalized spacial score (nSPS) is 14.0. The lowest BCUT2D eigenvalue weighted by Crippen LogP contribution is -2.09. The zero-order valence-corrected chi connectivity index (χ0v) is 15.4. The highest BCUT2D eigenvalue weighted by Gasteiger charge is 2.18. The molecule has 5 heteroatoms. The van der Waals surface area contributed by atoms with Crippen molar-refractivity contribution in [3.63, 3.8) is 0 Å². The lowest BCUT2D eigenvalue weighted by Gasteiger charge is -2.15. The van der Waals surface area contributed by atoms with Gasteiger partial charge in [-0.1, -0.05) is 35.9 Å². The molecule has 0 atom stereocenters. The molecule has 0 unspecified atom stereocenters. The number of carbonyl (C=O) groups excluding carboxylic acids is 3. The summed E-state index contributed by atoms with van der Waals surface area (Å²) in [7, 11) is 0. The molecule has 134 valence electrons. The summed E-state index contributed by atoms with van der Waals surface area (Å²) in [5.74, 6) is -0.769. The SMILES string of the molecule is CC(=O)C(=C/C=C(\Cl)C1=CCCC=C1OC(=O)c1ccccc1)C(C)=O. The minimum atomic E-state index is -0.474. The van der Waals surface area contributed by atoms with Crippen LogP contribution in [0.2, 0.25) is 0 Å². The second-order valence-electron chi connectivity index (χ2n) is 5.73. The Morgan fingerprint density at radius 2 is 1.58 bits per heavy atom. The van der Waals surface area contributed by atoms with Crippen molar-refractivity contribution >= 4 is 29.1 Å². The van der Waals surface area contributed by atoms with Gasteiger partial charge in [0.05, 0.1) is 16.2 Å². The van der Waals surface area contributed by atoms with Crippen LogP contribution in [0.5, 0.6) is 0 Å². The van der Waals surface area contributed by atoms with Gasteiger partial charge in [-0.25, -0.2) is 4.79 Å². The van der Waals surface area contributed by atoms with E-state index >= 15 is 0 Å². The summed E-state index contributed by atoms with van der Waals surface area (Å²) >= 11 is 6.33. The smallest absolute Gasteiger partial charge is 0.343 e. The fourth-order valence-corrected chi connectivity index (χ4v) is 2.66. The lowest BCUT2D eigenvalue weighted by molar-refractivity contribution is -0.119. The zero-order valence-electron chi connectivity index (χ0n) is 14.6. The predicted molar refractivity (Wildman–Crippen MR) is 101 cm³/mol. The molecule has 2 rings (SSSR count). The van der Waals surface area contributed by atoms with Gasteiger partial charge < -0.3 is 4.74 Å². The van der Waals surface area contributed by atoms with Crippen LogP contribution in [0.4, 0.5) is 0 Å². The standard InChI is InChI=1S/C21H19ClO4/c1-14(23)17(15(2)24)12-13-19(22)18-10-6-7-11-20(18)26-21(25)16-8-4-3-5-9-16/h3-5,8-13H,6-7H2,1-2H3/b19-13-. The van der Waals surface area contributed by atoms with Crippen LogP contribution in [0, 0.1) is 0 Å². The highest BCUT2D eigenvalue weighted by Crippen LogP contribution is 2.29. The molecular weight excluding hydrogens is 352 g/mol. The predicted octanol–water partition coefficient (Wildman–Crippen LogP) is 4.67. The lowest BCUT2D eigenvalue weighted by atomic mass is 10.0. The molecule has 0 bridgehead atoms. The minimum absolute atomic E-state index is 0.0615. The van der Waals surface area contributed by atoms with Gasteiger partial charge in [0.25, 0.3) is 0 Å². The van der Waals surface area contributed by atoms with Crippen molar-refractivity contribution < 1.29 is 19.1 Å². The summed E-state index contributed by atoms with van der Waals surface area (Å²) in [6.07, 6.45) is 8.00. The van der Waals surface area contributed by atoms with Crippen molar-refractivity contribution in [1.82, 2.24) is 0 Å². The van der Waals surface area contributed by atoms with E-state index in [0.717, 1.165) is 12.8 Å². The van der Waals surface area contributed by atoms with Gasteiger partial charge in [0.1, 0.15) is 5.76 Å². The third-order valence-corrected chi connectivity index (χ3v) is 4.06. The largest absolute Gasteiger partial charge is 0.423 e. The van der Waals surface area contributed by atoms with Crippen LogP contribution in [-0.2, 0) is 14.3 Å². The van der Waals surface area contributed by atoms with Crippen molar-refractivity contribution in [3.8, 4) is 0 Å². The maximum absolute atomic E-state index is 12.3. The first kappa shape index (κ1) is 19.6. The van der Waals surface area contributed by atoms with Crippen LogP contribution in [0.25, 0.3) is 0 Å². The Morgan fingerprint density at radius 1 is 0.962 bits per heavy atom. The monoisotopic (exact) mass is 370 g/mol. The number of rotatable bonds is 6. The van der Waals surface area contributed by atoms with Crippen molar-refractivity contribution in [1.29, 1.82) is 0 Å². The quantitative estimate of drug-likeness (QED) is 0.240. The van der Waals surface area contributed by atoms with Crippen molar-refractivity contribution in [2.24, 2.45) is 0 Å². The number of hydrogen-bond acceptors (Lipinski definition) is 4. The summed E-state index contributed by atoms with van der Waals surface area (Å²) in [5.41, 5.74) is 1.06. The summed E-state index contributed by atoms with van der Waals surface area (Å²) in [6, 6.07) is 8.66. The molecule has 1 aliphatic carbocycles. The number of ketones is 2. The summed E-state index contributed by atoms with van der Waals surface area (Å²) in [5, 5.41) is 0.289. The first-order chi connectivity index (χ1) is 12.4. The second kappa shape index (κ2) is 9.11. The van der Waals surface area contributed by atoms with E-state index in [4.69, 9.17) is 16.3 Å². The highest BCUT2D eigenvalue weighted by atomic mass is 35.5. The number of allylic oxidation sites excluding steroid dienone is 6. The molecule has 4 nitrogen and oxygen atoms in total. The molecule has 0 spiro atoms. The fraction of sp³-hybridized carbons (Fsp3) is 0.190. The summed E-state index contributed by atoms with van der Waals surface area (Å²) < 4.78 is 5.49. The van der Waals surface area contributed by atoms with E-state index in [2.05, 4.69) is 0 Å². The van der Waals surface area contributed by atoms with E-state index in [-0.39, 0.29) is 22.2 Å². The molecule has 1 aromatic carbocycles. The Bertz CT molecular complexity index is 826. The number of halogens is 1. The molecule has 0 aliphatic heterocycles. The second-order valence-corrected chi connectivity index (χ2v) is 6.13. The molecular formula is C21H19ClO4. The Labute approximate surface area is 157 Å². The molecule has 0 amide bonds. The maximum Gasteiger partial charge on any atom is 0.343 e. The van der Waals surface area contributed by atoms with Crippen LogP contribution in [0.3, 0.4) is 0 Å². The van der Waals surface area contributed by atoms with Gasteiger partial charge in [0.15, 0.2) is 11.6 Å². The molecule has 1 aromatic rings. The number of hydrogen-bond donors (Lipinski definition) is 0. The maximum atomic E-state index is 12.3. The average Bonchev–Trinajstić information content (AvgIpc) is 2.62. The van der Waals surface area contributed by atoms with E-state index in [1.807, 2.05) is 12.1 Å². The molecule has 1 aliphatic rings. The highest BCUT2D eigenvalue weighted by molar-refractivity contribution is 6.32. The third-order valence-electron chi connectivity index (χ3n) is 3.73. The summed E-state index contributed by atoms with van der Waals surface area (Å²) in [4.78, 5) is 35.2. The number of benzene rings is 1. The van der Waals surface area contributed by atoms with Crippen molar-refractivity contribution in [2.75, 3.05) is 0 Å². The number of carbonyl (C=O) groups is 3. The summed E-state index contributed by atoms with van der Waals surface area (Å²) in [6.45, 7) is 2.64. The molecule has 0 N–H and O–H groups in total. The van der Waals surface area contributed by atoms with E-state index in [1.54, 1.807) is 30.3 Å². The molecule has 26 heavy (non-hydrogen) atoms. The fourth-order valence-electron chi connectivity index (χ4n) is 2.43. The van der Waals surface area contributed by atoms with Crippen LogP contribution >= 0.6 is 11.6 Å². The Hall–Kier alpha value is -2.72. The first-order valence-corrected chi connectivity index (χ1v) is 8.55. The molecule has 0 saturated heterocycles. The van der Waals surface area contributed by atoms with Crippen LogP contribution in [0.15, 0.2) is 76.6 Å². The minimum Gasteiger partial charge on any atom is -0.423 e. The van der Waals surface area contributed by atoms with Gasteiger partial charge in [-0.3, -0.25) is 9.59 Å². The van der Waals surface area contributed by atoms with Gasteiger partial charge in [-0.15, -0.1) is 0 Å². The van der Waals surface area contributed by atoms with Gasteiger partial charge in [0.2, 0.25) is 0 Å². The Kier molecular flexibility index (Phi) is 6.87. The molecule has 0 fully saturated rings. The van der Waals surface area contributed by atoms with Crippen LogP contribution in [-0.4, -0.2) is 17.5 Å². The van der Waals surface area contributed by atoms with E-state index in [9.17, 15) is 14.4 Å². The first-order valence-electron chi connectivity index (χ1n) is 8.17. The topological polar surface area (TPSA) is 60.4 Å². The van der Waals surface area contributed by atoms with Crippen LogP contribution < -0.4 is 0 Å². The van der Waals surface area contributed by atoms with Gasteiger partial charge in [0, 0.05) is 5.57 Å². The van der Waals surface area contributed by atoms with Gasteiger partial charge >= 0.3 is 5.97 Å². The number of Topliss-reactive ketones (excluding diaryl/α,β-unsaturated/α-hetero) is 2. The van der Waals surface area contributed by atoms with Crippen molar-refractivity contribution in [3.05, 3.63) is 82.1 Å². The third kappa shape index (κ3) is 5.14. The molecule has 0 heterocycles. The Balaban J connectivity index is 2.23. The average molecular weight is 371 g/mol. The molecule has 0 radical (unpaired) electrons. The van der Waals surface area contributed by atoms with E-state index < -0.39 is 5.97 Å². The number of esters is 1. The zero-order chi connectivity index (χ0) is 19.1.